The van der Waals surface area contributed by atoms with Crippen LogP contribution in [0.25, 0.3) is 0 Å². The van der Waals surface area contributed by atoms with Crippen LogP contribution in [0.15, 0.2) is 41.3 Å². The Hall–Kier alpha value is -2.42. The lowest BCUT2D eigenvalue weighted by atomic mass is 9.82. The lowest BCUT2D eigenvalue weighted by Gasteiger charge is -2.58. The molecule has 1 fully saturated rings. The smallest absolute Gasteiger partial charge is 0.248 e. The number of hydrogen-bond donors (Lipinski definition) is 1. The van der Waals surface area contributed by atoms with E-state index in [2.05, 4.69) is 0 Å². The molecule has 2 aromatic rings. The molecular weight excluding hydrogens is 496 g/mol. The number of amides is 1. The molecule has 1 amide bonds. The Labute approximate surface area is 200 Å². The number of aliphatic hydroxyl groups excluding tert-OH is 1. The molecule has 0 bridgehead atoms. The molecule has 2 unspecified atom stereocenters. The second-order valence-corrected chi connectivity index (χ2v) is 10.3. The fourth-order valence-electron chi connectivity index (χ4n) is 3.69. The zero-order chi connectivity index (χ0) is 24.6. The topological polar surface area (TPSA) is 111 Å². The fourth-order valence-corrected chi connectivity index (χ4v) is 6.19. The molecule has 1 heterocycles. The van der Waals surface area contributed by atoms with Gasteiger partial charge in [0.05, 0.1) is 16.6 Å². The van der Waals surface area contributed by atoms with Gasteiger partial charge < -0.3 is 14.7 Å². The normalized spacial score (nSPS) is 20.6. The average Bonchev–Trinajstić information content (AvgIpc) is 2.77. The summed E-state index contributed by atoms with van der Waals surface area (Å²) in [5.41, 5.74) is -1.31. The molecule has 2 aromatic carbocycles. The molecule has 1 N–H and O–H groups in total. The second-order valence-electron chi connectivity index (χ2n) is 7.56. The van der Waals surface area contributed by atoms with Crippen molar-refractivity contribution in [3.63, 3.8) is 0 Å². The zero-order valence-corrected chi connectivity index (χ0v) is 20.0. The summed E-state index contributed by atoms with van der Waals surface area (Å²) in [5.74, 6) is -1.31. The summed E-state index contributed by atoms with van der Waals surface area (Å²) in [6.45, 7) is 0.458. The number of aliphatic hydroxyl groups is 1. The molecule has 8 nitrogen and oxygen atoms in total. The van der Waals surface area contributed by atoms with Gasteiger partial charge in [0.1, 0.15) is 41.3 Å². The molecule has 0 saturated carbocycles. The van der Waals surface area contributed by atoms with Gasteiger partial charge in [-0.15, -0.1) is 0 Å². The Bertz CT molecular complexity index is 1240. The molecule has 0 aliphatic carbocycles. The number of likely N-dealkylation sites (N-methyl/N-ethyl adjacent to an activating group) is 1. The van der Waals surface area contributed by atoms with Crippen LogP contribution in [0.3, 0.4) is 0 Å². The Morgan fingerprint density at radius 2 is 2.06 bits per heavy atom. The van der Waals surface area contributed by atoms with Gasteiger partial charge in [0.2, 0.25) is 15.9 Å². The van der Waals surface area contributed by atoms with E-state index in [0.717, 1.165) is 10.4 Å². The van der Waals surface area contributed by atoms with Crippen molar-refractivity contribution in [3.05, 3.63) is 57.8 Å². The first-order chi connectivity index (χ1) is 15.5. The quantitative estimate of drug-likeness (QED) is 0.606. The number of carbonyl (C=O) groups excluding carboxylic acids is 1. The maximum atomic E-state index is 13.9. The molecule has 176 valence electrons. The van der Waals surface area contributed by atoms with Crippen LogP contribution in [0.2, 0.25) is 10.0 Å². The number of halogens is 3. The summed E-state index contributed by atoms with van der Waals surface area (Å²) in [4.78, 5) is 13.4. The van der Waals surface area contributed by atoms with Crippen molar-refractivity contribution in [2.24, 2.45) is 0 Å². The largest absolute Gasteiger partial charge is 0.491 e. The van der Waals surface area contributed by atoms with Crippen LogP contribution in [0.1, 0.15) is 12.5 Å². The highest BCUT2D eigenvalue weighted by molar-refractivity contribution is 7.89. The minimum absolute atomic E-state index is 0.0451. The summed E-state index contributed by atoms with van der Waals surface area (Å²) in [5, 5.41) is 18.4. The predicted octanol–water partition coefficient (Wildman–Crippen LogP) is 2.67. The second kappa shape index (κ2) is 9.44. The lowest BCUT2D eigenvalue weighted by Crippen LogP contribution is -2.78. The Morgan fingerprint density at radius 3 is 2.61 bits per heavy atom. The molecule has 1 aliphatic heterocycles. The third-order valence-corrected chi connectivity index (χ3v) is 8.48. The van der Waals surface area contributed by atoms with Crippen LogP contribution >= 0.6 is 23.2 Å². The summed E-state index contributed by atoms with van der Waals surface area (Å²) < 4.78 is 47.2. The Kier molecular flexibility index (Phi) is 7.21. The molecule has 1 saturated heterocycles. The van der Waals surface area contributed by atoms with Gasteiger partial charge in [-0.1, -0.05) is 23.2 Å². The van der Waals surface area contributed by atoms with Crippen molar-refractivity contribution in [1.29, 1.82) is 5.26 Å². The van der Waals surface area contributed by atoms with Crippen molar-refractivity contribution in [2.45, 2.75) is 23.4 Å². The number of sulfonamides is 1. The summed E-state index contributed by atoms with van der Waals surface area (Å²) >= 11 is 12.0. The predicted molar refractivity (Wildman–Crippen MR) is 119 cm³/mol. The van der Waals surface area contributed by atoms with E-state index in [1.54, 1.807) is 13.0 Å². The van der Waals surface area contributed by atoms with Gasteiger partial charge in [-0.3, -0.25) is 4.79 Å². The third-order valence-electron chi connectivity index (χ3n) is 5.85. The van der Waals surface area contributed by atoms with E-state index >= 15 is 0 Å². The summed E-state index contributed by atoms with van der Waals surface area (Å²) in [6.07, 6.45) is 0. The molecule has 2 atom stereocenters. The first-order valence-electron chi connectivity index (χ1n) is 9.65. The minimum atomic E-state index is -4.04. The van der Waals surface area contributed by atoms with Crippen molar-refractivity contribution in [3.8, 4) is 11.8 Å². The summed E-state index contributed by atoms with van der Waals surface area (Å²) in [6, 6.07) is 8.63. The van der Waals surface area contributed by atoms with Crippen molar-refractivity contribution in [1.82, 2.24) is 9.21 Å². The molecule has 33 heavy (non-hydrogen) atoms. The van der Waals surface area contributed by atoms with Crippen molar-refractivity contribution < 1.29 is 27.4 Å². The number of benzene rings is 2. The van der Waals surface area contributed by atoms with Gasteiger partial charge in [0, 0.05) is 24.7 Å². The molecule has 0 aromatic heterocycles. The van der Waals surface area contributed by atoms with E-state index < -0.39 is 39.9 Å². The van der Waals surface area contributed by atoms with E-state index in [1.165, 1.54) is 42.3 Å². The molecule has 0 spiro atoms. The number of rotatable bonds is 7. The maximum absolute atomic E-state index is 13.9. The van der Waals surface area contributed by atoms with E-state index in [1.807, 2.05) is 0 Å². The van der Waals surface area contributed by atoms with Gasteiger partial charge in [-0.05, 0) is 37.3 Å². The Balaban J connectivity index is 1.90. The number of ether oxygens (including phenoxy) is 1. The van der Waals surface area contributed by atoms with Gasteiger partial charge in [0.15, 0.2) is 0 Å². The highest BCUT2D eigenvalue weighted by atomic mass is 35.5. The lowest BCUT2D eigenvalue weighted by molar-refractivity contribution is -0.151. The number of nitrogens with zero attached hydrogens (tertiary/aromatic N) is 3. The highest BCUT2D eigenvalue weighted by Crippen LogP contribution is 2.40. The van der Waals surface area contributed by atoms with Crippen LogP contribution in [0.5, 0.6) is 5.75 Å². The zero-order valence-electron chi connectivity index (χ0n) is 17.6. The molecular formula is C21H20Cl2FN3O5S. The molecule has 12 heteroatoms. The highest BCUT2D eigenvalue weighted by Gasteiger charge is 2.59. The monoisotopic (exact) mass is 515 g/mol. The standard InChI is InChI=1S/C21H20Cl2FN3O5S/c1-13-21(26(2)20(29)10-28,12-32-16-5-3-14(9-25)18(24)8-16)11-27(13)33(30,31)19-6-4-15(22)7-17(19)23/h3-8,13,28H,10-12H2,1-2H3. The van der Waals surface area contributed by atoms with E-state index in [-0.39, 0.29) is 39.4 Å². The van der Waals surface area contributed by atoms with Crippen molar-refractivity contribution >= 4 is 39.1 Å². The van der Waals surface area contributed by atoms with E-state index in [4.69, 9.17) is 33.2 Å². The molecule has 3 rings (SSSR count). The van der Waals surface area contributed by atoms with Crippen LogP contribution in [-0.4, -0.2) is 67.0 Å². The van der Waals surface area contributed by atoms with Gasteiger partial charge in [-0.25, -0.2) is 12.8 Å². The van der Waals surface area contributed by atoms with Crippen LogP contribution in [0.4, 0.5) is 4.39 Å². The van der Waals surface area contributed by atoms with E-state index in [9.17, 15) is 22.7 Å². The minimum Gasteiger partial charge on any atom is -0.491 e. The van der Waals surface area contributed by atoms with Crippen LogP contribution in [-0.2, 0) is 14.8 Å². The fraction of sp³-hybridized carbons (Fsp3) is 0.333. The van der Waals surface area contributed by atoms with Crippen LogP contribution < -0.4 is 4.74 Å². The van der Waals surface area contributed by atoms with Gasteiger partial charge >= 0.3 is 0 Å². The number of nitriles is 1. The van der Waals surface area contributed by atoms with Crippen LogP contribution in [0, 0.1) is 17.1 Å². The number of hydrogen-bond acceptors (Lipinski definition) is 6. The van der Waals surface area contributed by atoms with Gasteiger partial charge in [0.25, 0.3) is 0 Å². The Morgan fingerprint density at radius 1 is 1.36 bits per heavy atom. The first kappa shape index (κ1) is 25.2. The third kappa shape index (κ3) is 4.52. The average molecular weight is 516 g/mol. The number of carbonyl (C=O) groups is 1. The summed E-state index contributed by atoms with van der Waals surface area (Å²) in [7, 11) is -2.62. The maximum Gasteiger partial charge on any atom is 0.248 e. The van der Waals surface area contributed by atoms with Gasteiger partial charge in [-0.2, -0.15) is 9.57 Å². The molecule has 1 aliphatic rings. The van der Waals surface area contributed by atoms with E-state index in [0.29, 0.717) is 0 Å². The SMILES string of the molecule is CC1N(S(=O)(=O)c2ccc(Cl)cc2Cl)CC1(COc1ccc(C#N)c(F)c1)N(C)C(=O)CO. The molecule has 0 radical (unpaired) electrons. The van der Waals surface area contributed by atoms with Crippen molar-refractivity contribution in [2.75, 3.05) is 26.8 Å². The first-order valence-corrected chi connectivity index (χ1v) is 11.8.